The Labute approximate surface area is 151 Å². The lowest BCUT2D eigenvalue weighted by Crippen LogP contribution is -2.45. The third-order valence-electron chi connectivity index (χ3n) is 5.58. The molecule has 1 aromatic carbocycles. The number of amides is 1. The monoisotopic (exact) mass is 355 g/mol. The number of hydrogen-bond acceptors (Lipinski definition) is 4. The summed E-state index contributed by atoms with van der Waals surface area (Å²) in [5, 5.41) is 9.73. The van der Waals surface area contributed by atoms with E-state index in [0.717, 1.165) is 17.1 Å². The predicted octanol–water partition coefficient (Wildman–Crippen LogP) is 2.82. The second-order valence-corrected chi connectivity index (χ2v) is 7.16. The van der Waals surface area contributed by atoms with Crippen molar-refractivity contribution in [2.75, 3.05) is 26.3 Å². The molecule has 2 aliphatic rings. The number of benzene rings is 1. The Balaban J connectivity index is 1.54. The van der Waals surface area contributed by atoms with Crippen molar-refractivity contribution in [2.45, 2.75) is 13.3 Å². The second-order valence-electron chi connectivity index (χ2n) is 7.16. The summed E-state index contributed by atoms with van der Waals surface area (Å²) in [4.78, 5) is 26.4. The number of furan rings is 1. The van der Waals surface area contributed by atoms with Crippen molar-refractivity contribution < 1.29 is 23.8 Å². The van der Waals surface area contributed by atoms with Crippen LogP contribution in [0.1, 0.15) is 22.5 Å². The molecule has 3 heterocycles. The van der Waals surface area contributed by atoms with E-state index in [4.69, 9.17) is 9.15 Å². The molecule has 1 aromatic heterocycles. The van der Waals surface area contributed by atoms with Crippen LogP contribution in [0, 0.1) is 18.3 Å². The van der Waals surface area contributed by atoms with Gasteiger partial charge in [-0.25, -0.2) is 0 Å². The van der Waals surface area contributed by atoms with E-state index in [-0.39, 0.29) is 18.4 Å². The maximum Gasteiger partial charge on any atom is 0.311 e. The summed E-state index contributed by atoms with van der Waals surface area (Å²) in [6.45, 7) is 3.38. The normalized spacial score (nSPS) is 25.1. The molecule has 2 atom stereocenters. The van der Waals surface area contributed by atoms with E-state index in [1.54, 1.807) is 17.0 Å². The Morgan fingerprint density at radius 3 is 2.58 bits per heavy atom. The number of likely N-dealkylation sites (tertiary alicyclic amines) is 1. The van der Waals surface area contributed by atoms with Crippen LogP contribution in [0.2, 0.25) is 0 Å². The Bertz CT molecular complexity index is 840. The summed E-state index contributed by atoms with van der Waals surface area (Å²) in [5.41, 5.74) is 0.580. The first kappa shape index (κ1) is 16.8. The third-order valence-corrected chi connectivity index (χ3v) is 5.58. The average molecular weight is 355 g/mol. The maximum absolute atomic E-state index is 12.9. The van der Waals surface area contributed by atoms with Gasteiger partial charge in [-0.2, -0.15) is 0 Å². The molecular formula is C20H21NO5. The van der Waals surface area contributed by atoms with Crippen LogP contribution in [-0.2, 0) is 9.53 Å². The summed E-state index contributed by atoms with van der Waals surface area (Å²) >= 11 is 0. The molecule has 0 radical (unpaired) electrons. The van der Waals surface area contributed by atoms with Crippen molar-refractivity contribution >= 4 is 11.9 Å². The lowest BCUT2D eigenvalue weighted by Gasteiger charge is -2.33. The molecule has 2 saturated heterocycles. The first-order valence-corrected chi connectivity index (χ1v) is 8.77. The van der Waals surface area contributed by atoms with Crippen molar-refractivity contribution in [3.8, 4) is 11.3 Å². The summed E-state index contributed by atoms with van der Waals surface area (Å²) in [6.07, 6.45) is 0.452. The molecule has 26 heavy (non-hydrogen) atoms. The van der Waals surface area contributed by atoms with Crippen molar-refractivity contribution in [3.63, 3.8) is 0 Å². The van der Waals surface area contributed by atoms with Gasteiger partial charge in [-0.15, -0.1) is 0 Å². The Morgan fingerprint density at radius 2 is 1.96 bits per heavy atom. The number of fused-ring (bicyclic) bond motifs is 1. The lowest BCUT2D eigenvalue weighted by molar-refractivity contribution is -0.157. The van der Waals surface area contributed by atoms with Gasteiger partial charge in [0.2, 0.25) is 0 Å². The standard InChI is InChI=1S/C20H21NO5/c1-13-2-7-17(26-13)14-3-5-15(6-4-14)18(22)21-10-16-11-25-9-8-20(16,12-21)19(23)24/h2-7,16H,8-12H2,1H3,(H,23,24)/t16-,20+/m1/s1. The average Bonchev–Trinajstić information content (AvgIpc) is 3.25. The zero-order valence-electron chi connectivity index (χ0n) is 14.6. The SMILES string of the molecule is Cc1ccc(-c2ccc(C(=O)N3C[C@@H]4COCC[C@]4(C(=O)O)C3)cc2)o1. The zero-order valence-corrected chi connectivity index (χ0v) is 14.6. The lowest BCUT2D eigenvalue weighted by atomic mass is 9.74. The molecule has 0 unspecified atom stereocenters. The van der Waals surface area contributed by atoms with E-state index in [9.17, 15) is 14.7 Å². The molecule has 0 bridgehead atoms. The third kappa shape index (κ3) is 2.70. The van der Waals surface area contributed by atoms with E-state index >= 15 is 0 Å². The molecular weight excluding hydrogens is 334 g/mol. The molecule has 2 aromatic rings. The van der Waals surface area contributed by atoms with Gasteiger partial charge in [0.25, 0.3) is 5.91 Å². The number of rotatable bonds is 3. The van der Waals surface area contributed by atoms with Gasteiger partial charge in [0.1, 0.15) is 11.5 Å². The number of hydrogen-bond donors (Lipinski definition) is 1. The fourth-order valence-corrected chi connectivity index (χ4v) is 4.00. The largest absolute Gasteiger partial charge is 0.481 e. The van der Waals surface area contributed by atoms with Crippen molar-refractivity contribution in [1.29, 1.82) is 0 Å². The molecule has 6 heteroatoms. The molecule has 1 N–H and O–H groups in total. The van der Waals surface area contributed by atoms with Crippen LogP contribution in [-0.4, -0.2) is 48.2 Å². The highest BCUT2D eigenvalue weighted by atomic mass is 16.5. The molecule has 0 saturated carbocycles. The van der Waals surface area contributed by atoms with Crippen molar-refractivity contribution in [3.05, 3.63) is 47.7 Å². The van der Waals surface area contributed by atoms with Crippen LogP contribution >= 0.6 is 0 Å². The molecule has 6 nitrogen and oxygen atoms in total. The van der Waals surface area contributed by atoms with E-state index in [0.29, 0.717) is 31.7 Å². The maximum atomic E-state index is 12.9. The van der Waals surface area contributed by atoms with Gasteiger partial charge in [-0.3, -0.25) is 9.59 Å². The van der Waals surface area contributed by atoms with Crippen LogP contribution in [0.25, 0.3) is 11.3 Å². The molecule has 0 spiro atoms. The van der Waals surface area contributed by atoms with Crippen LogP contribution in [0.4, 0.5) is 0 Å². The topological polar surface area (TPSA) is 80.0 Å². The summed E-state index contributed by atoms with van der Waals surface area (Å²) in [7, 11) is 0. The fraction of sp³-hybridized carbons (Fsp3) is 0.400. The van der Waals surface area contributed by atoms with Crippen molar-refractivity contribution in [2.24, 2.45) is 11.3 Å². The van der Waals surface area contributed by atoms with Crippen LogP contribution in [0.3, 0.4) is 0 Å². The van der Waals surface area contributed by atoms with E-state index in [1.807, 2.05) is 31.2 Å². The number of carboxylic acid groups (broad SMARTS) is 1. The summed E-state index contributed by atoms with van der Waals surface area (Å²) < 4.78 is 11.0. The van der Waals surface area contributed by atoms with E-state index in [1.165, 1.54) is 0 Å². The molecule has 1 amide bonds. The van der Waals surface area contributed by atoms with Gasteiger partial charge in [0.15, 0.2) is 0 Å². The zero-order chi connectivity index (χ0) is 18.3. The molecule has 4 rings (SSSR count). The highest BCUT2D eigenvalue weighted by Crippen LogP contribution is 2.42. The van der Waals surface area contributed by atoms with Gasteiger partial charge < -0.3 is 19.2 Å². The number of aryl methyl sites for hydroxylation is 1. The van der Waals surface area contributed by atoms with Crippen LogP contribution in [0.15, 0.2) is 40.8 Å². The second kappa shape index (κ2) is 6.29. The Morgan fingerprint density at radius 1 is 1.19 bits per heavy atom. The minimum Gasteiger partial charge on any atom is -0.481 e. The number of nitrogens with zero attached hydrogens (tertiary/aromatic N) is 1. The fourth-order valence-electron chi connectivity index (χ4n) is 4.00. The molecule has 0 aliphatic carbocycles. The Hall–Kier alpha value is -2.60. The smallest absolute Gasteiger partial charge is 0.311 e. The van der Waals surface area contributed by atoms with Crippen LogP contribution in [0.5, 0.6) is 0 Å². The summed E-state index contributed by atoms with van der Waals surface area (Å²) in [5.74, 6) is 0.478. The minimum atomic E-state index is -0.875. The Kier molecular flexibility index (Phi) is 4.07. The van der Waals surface area contributed by atoms with Crippen LogP contribution < -0.4 is 0 Å². The number of ether oxygens (including phenoxy) is 1. The minimum absolute atomic E-state index is 0.137. The number of carbonyl (C=O) groups is 2. The van der Waals surface area contributed by atoms with Gasteiger partial charge in [-0.05, 0) is 37.6 Å². The van der Waals surface area contributed by atoms with Gasteiger partial charge in [0, 0.05) is 36.7 Å². The predicted molar refractivity (Wildman–Crippen MR) is 93.8 cm³/mol. The number of aliphatic carboxylic acids is 1. The summed E-state index contributed by atoms with van der Waals surface area (Å²) in [6, 6.07) is 11.0. The molecule has 2 aliphatic heterocycles. The highest BCUT2D eigenvalue weighted by molar-refractivity contribution is 5.95. The first-order valence-electron chi connectivity index (χ1n) is 8.77. The van der Waals surface area contributed by atoms with Gasteiger partial charge in [0.05, 0.1) is 12.0 Å². The van der Waals surface area contributed by atoms with Gasteiger partial charge in [-0.1, -0.05) is 12.1 Å². The molecule has 136 valence electrons. The number of carboxylic acids is 1. The molecule has 2 fully saturated rings. The quantitative estimate of drug-likeness (QED) is 0.916. The number of carbonyl (C=O) groups excluding carboxylic acids is 1. The van der Waals surface area contributed by atoms with Gasteiger partial charge >= 0.3 is 5.97 Å². The van der Waals surface area contributed by atoms with Crippen molar-refractivity contribution in [1.82, 2.24) is 4.90 Å². The first-order chi connectivity index (χ1) is 12.5. The van der Waals surface area contributed by atoms with E-state index in [2.05, 4.69) is 0 Å². The highest BCUT2D eigenvalue weighted by Gasteiger charge is 2.54. The van der Waals surface area contributed by atoms with E-state index < -0.39 is 11.4 Å².